The Bertz CT molecular complexity index is 159. The van der Waals surface area contributed by atoms with Gasteiger partial charge in [0.05, 0.1) is 6.26 Å². The van der Waals surface area contributed by atoms with E-state index in [1.54, 1.807) is 6.92 Å². The Morgan fingerprint density at radius 3 is 2.40 bits per heavy atom. The number of halogens is 3. The SMILES string of the molecule is CC1=COC(C(F)(F)F)C1. The Balaban J connectivity index is 2.50. The Morgan fingerprint density at radius 1 is 1.60 bits per heavy atom. The fourth-order valence-corrected chi connectivity index (χ4v) is 0.780. The number of hydrogen-bond donors (Lipinski definition) is 0. The highest BCUT2D eigenvalue weighted by Gasteiger charge is 2.43. The molecule has 0 spiro atoms. The third-order valence-electron chi connectivity index (χ3n) is 1.31. The molecule has 58 valence electrons. The third-order valence-corrected chi connectivity index (χ3v) is 1.31. The third kappa shape index (κ3) is 1.43. The molecule has 0 radical (unpaired) electrons. The molecule has 1 unspecified atom stereocenters. The van der Waals surface area contributed by atoms with E-state index in [0.717, 1.165) is 6.26 Å². The Labute approximate surface area is 56.5 Å². The Kier molecular flexibility index (Phi) is 1.62. The summed E-state index contributed by atoms with van der Waals surface area (Å²) in [5.74, 6) is 0. The fourth-order valence-electron chi connectivity index (χ4n) is 0.780. The van der Waals surface area contributed by atoms with Crippen LogP contribution >= 0.6 is 0 Å². The van der Waals surface area contributed by atoms with Gasteiger partial charge in [0.15, 0.2) is 6.10 Å². The van der Waals surface area contributed by atoms with Crippen molar-refractivity contribution in [1.82, 2.24) is 0 Å². The molecule has 0 aromatic heterocycles. The van der Waals surface area contributed by atoms with E-state index in [1.165, 1.54) is 0 Å². The number of ether oxygens (including phenoxy) is 1. The lowest BCUT2D eigenvalue weighted by atomic mass is 10.2. The van der Waals surface area contributed by atoms with E-state index in [4.69, 9.17) is 0 Å². The van der Waals surface area contributed by atoms with Gasteiger partial charge in [-0.05, 0) is 12.5 Å². The quantitative estimate of drug-likeness (QED) is 0.517. The number of rotatable bonds is 0. The average Bonchev–Trinajstić information content (AvgIpc) is 2.11. The molecule has 4 heteroatoms. The summed E-state index contributed by atoms with van der Waals surface area (Å²) in [4.78, 5) is 0. The maximum atomic E-state index is 11.8. The second-order valence-corrected chi connectivity index (χ2v) is 2.33. The minimum atomic E-state index is -4.21. The Hall–Kier alpha value is -0.670. The zero-order valence-corrected chi connectivity index (χ0v) is 5.40. The fraction of sp³-hybridized carbons (Fsp3) is 0.667. The van der Waals surface area contributed by atoms with Crippen molar-refractivity contribution in [2.24, 2.45) is 0 Å². The van der Waals surface area contributed by atoms with Gasteiger partial charge < -0.3 is 4.74 Å². The van der Waals surface area contributed by atoms with Gasteiger partial charge >= 0.3 is 6.18 Å². The van der Waals surface area contributed by atoms with Crippen LogP contribution in [0.2, 0.25) is 0 Å². The van der Waals surface area contributed by atoms with Gasteiger partial charge in [0.2, 0.25) is 0 Å². The zero-order chi connectivity index (χ0) is 7.78. The van der Waals surface area contributed by atoms with Crippen molar-refractivity contribution in [2.45, 2.75) is 25.6 Å². The topological polar surface area (TPSA) is 9.23 Å². The van der Waals surface area contributed by atoms with Crippen molar-refractivity contribution < 1.29 is 17.9 Å². The predicted molar refractivity (Wildman–Crippen MR) is 29.3 cm³/mol. The molecule has 1 heterocycles. The van der Waals surface area contributed by atoms with E-state index < -0.39 is 12.3 Å². The lowest BCUT2D eigenvalue weighted by molar-refractivity contribution is -0.199. The average molecular weight is 152 g/mol. The molecule has 1 nitrogen and oxygen atoms in total. The lowest BCUT2D eigenvalue weighted by Crippen LogP contribution is -2.27. The lowest BCUT2D eigenvalue weighted by Gasteiger charge is -2.13. The van der Waals surface area contributed by atoms with Crippen LogP contribution < -0.4 is 0 Å². The molecule has 0 amide bonds. The molecule has 0 N–H and O–H groups in total. The maximum absolute atomic E-state index is 11.8. The van der Waals surface area contributed by atoms with Gasteiger partial charge in [0, 0.05) is 6.42 Å². The van der Waals surface area contributed by atoms with E-state index in [-0.39, 0.29) is 6.42 Å². The first-order valence-electron chi connectivity index (χ1n) is 2.88. The molecule has 0 bridgehead atoms. The predicted octanol–water partition coefficient (Wildman–Crippen LogP) is 2.24. The largest absolute Gasteiger partial charge is 0.488 e. The van der Waals surface area contributed by atoms with Crippen molar-refractivity contribution >= 4 is 0 Å². The van der Waals surface area contributed by atoms with E-state index in [2.05, 4.69) is 4.74 Å². The summed E-state index contributed by atoms with van der Waals surface area (Å²) in [6.45, 7) is 1.62. The van der Waals surface area contributed by atoms with E-state index in [9.17, 15) is 13.2 Å². The van der Waals surface area contributed by atoms with Crippen LogP contribution in [0.15, 0.2) is 11.8 Å². The van der Waals surface area contributed by atoms with Crippen LogP contribution in [0, 0.1) is 0 Å². The van der Waals surface area contributed by atoms with Crippen molar-refractivity contribution in [1.29, 1.82) is 0 Å². The summed E-state index contributed by atoms with van der Waals surface area (Å²) < 4.78 is 39.7. The molecule has 0 saturated heterocycles. The van der Waals surface area contributed by atoms with E-state index in [0.29, 0.717) is 5.57 Å². The molecular formula is C6H7F3O. The summed E-state index contributed by atoms with van der Waals surface area (Å²) in [5, 5.41) is 0. The molecule has 1 atom stereocenters. The van der Waals surface area contributed by atoms with Gasteiger partial charge in [-0.3, -0.25) is 0 Å². The summed E-state index contributed by atoms with van der Waals surface area (Å²) in [6, 6.07) is 0. The van der Waals surface area contributed by atoms with Crippen LogP contribution in [0.4, 0.5) is 13.2 Å². The van der Waals surface area contributed by atoms with Gasteiger partial charge in [0.25, 0.3) is 0 Å². The molecule has 10 heavy (non-hydrogen) atoms. The van der Waals surface area contributed by atoms with Gasteiger partial charge in [-0.25, -0.2) is 0 Å². The second-order valence-electron chi connectivity index (χ2n) is 2.33. The first-order valence-corrected chi connectivity index (χ1v) is 2.88. The van der Waals surface area contributed by atoms with Crippen molar-refractivity contribution in [2.75, 3.05) is 0 Å². The smallest absolute Gasteiger partial charge is 0.425 e. The standard InChI is InChI=1S/C6H7F3O/c1-4-2-5(10-3-4)6(7,8)9/h3,5H,2H2,1H3. The first kappa shape index (κ1) is 7.44. The first-order chi connectivity index (χ1) is 4.50. The van der Waals surface area contributed by atoms with E-state index in [1.807, 2.05) is 0 Å². The highest BCUT2D eigenvalue weighted by molar-refractivity contribution is 5.02. The van der Waals surface area contributed by atoms with Gasteiger partial charge in [0.1, 0.15) is 0 Å². The monoisotopic (exact) mass is 152 g/mol. The van der Waals surface area contributed by atoms with Crippen LogP contribution in [0.5, 0.6) is 0 Å². The van der Waals surface area contributed by atoms with Crippen LogP contribution in [-0.4, -0.2) is 12.3 Å². The highest BCUT2D eigenvalue weighted by atomic mass is 19.4. The van der Waals surface area contributed by atoms with E-state index >= 15 is 0 Å². The van der Waals surface area contributed by atoms with Crippen molar-refractivity contribution in [3.05, 3.63) is 11.8 Å². The minimum Gasteiger partial charge on any atom is -0.488 e. The Morgan fingerprint density at radius 2 is 2.20 bits per heavy atom. The second kappa shape index (κ2) is 2.18. The summed E-state index contributed by atoms with van der Waals surface area (Å²) in [6.07, 6.45) is -4.68. The van der Waals surface area contributed by atoms with Gasteiger partial charge in [-0.2, -0.15) is 13.2 Å². The molecular weight excluding hydrogens is 145 g/mol. The molecule has 1 rings (SSSR count). The summed E-state index contributed by atoms with van der Waals surface area (Å²) in [5.41, 5.74) is 0.641. The van der Waals surface area contributed by atoms with Gasteiger partial charge in [-0.1, -0.05) is 0 Å². The molecule has 1 aliphatic heterocycles. The van der Waals surface area contributed by atoms with Crippen molar-refractivity contribution in [3.8, 4) is 0 Å². The normalized spacial score (nSPS) is 26.0. The van der Waals surface area contributed by atoms with Crippen molar-refractivity contribution in [3.63, 3.8) is 0 Å². The van der Waals surface area contributed by atoms with Crippen LogP contribution in [0.25, 0.3) is 0 Å². The number of alkyl halides is 3. The van der Waals surface area contributed by atoms with Crippen LogP contribution in [0.3, 0.4) is 0 Å². The molecule has 0 aromatic carbocycles. The van der Waals surface area contributed by atoms with Crippen LogP contribution in [-0.2, 0) is 4.74 Å². The molecule has 0 fully saturated rings. The maximum Gasteiger partial charge on any atom is 0.425 e. The number of hydrogen-bond acceptors (Lipinski definition) is 1. The molecule has 0 saturated carbocycles. The molecule has 0 aliphatic carbocycles. The molecule has 0 aromatic rings. The van der Waals surface area contributed by atoms with Gasteiger partial charge in [-0.15, -0.1) is 0 Å². The summed E-state index contributed by atoms with van der Waals surface area (Å²) in [7, 11) is 0. The zero-order valence-electron chi connectivity index (χ0n) is 5.40. The minimum absolute atomic E-state index is 0.0243. The summed E-state index contributed by atoms with van der Waals surface area (Å²) >= 11 is 0. The highest BCUT2D eigenvalue weighted by Crippen LogP contribution is 2.31. The van der Waals surface area contributed by atoms with Crippen LogP contribution in [0.1, 0.15) is 13.3 Å². The molecule has 1 aliphatic rings.